The highest BCUT2D eigenvalue weighted by atomic mass is 32.4. The average Bonchev–Trinajstić information content (AvgIpc) is 2.17. The second-order valence-electron chi connectivity index (χ2n) is 2.90. The molecule has 0 saturated heterocycles. The summed E-state index contributed by atoms with van der Waals surface area (Å²) in [5, 5.41) is 0. The van der Waals surface area contributed by atoms with Gasteiger partial charge in [-0.3, -0.25) is 0 Å². The molecule has 14 heavy (non-hydrogen) atoms. The van der Waals surface area contributed by atoms with Crippen molar-refractivity contribution in [1.82, 2.24) is 0 Å². The Morgan fingerprint density at radius 1 is 1.21 bits per heavy atom. The van der Waals surface area contributed by atoms with Gasteiger partial charge in [-0.15, -0.1) is 9.05 Å². The Hall–Kier alpha value is -0.340. The van der Waals surface area contributed by atoms with Gasteiger partial charge in [0.05, 0.1) is 0 Å². The molecule has 0 aliphatic carbocycles. The van der Waals surface area contributed by atoms with Crippen molar-refractivity contribution in [3.8, 4) is 0 Å². The summed E-state index contributed by atoms with van der Waals surface area (Å²) < 4.78 is 10.5. The molecule has 1 aromatic carbocycles. The van der Waals surface area contributed by atoms with Crippen LogP contribution >= 0.6 is 7.15 Å². The van der Waals surface area contributed by atoms with Crippen molar-refractivity contribution in [3.05, 3.63) is 35.4 Å². The zero-order chi connectivity index (χ0) is 10.4. The summed E-state index contributed by atoms with van der Waals surface area (Å²) in [5.74, 6) is 0. The first-order valence-electron chi connectivity index (χ1n) is 4.51. The summed E-state index contributed by atoms with van der Waals surface area (Å²) in [6, 6.07) is 8.20. The van der Waals surface area contributed by atoms with Crippen LogP contribution in [0, 0.1) is 6.92 Å². The molecule has 0 saturated carbocycles. The molecule has 1 unspecified atom stereocenters. The van der Waals surface area contributed by atoms with E-state index in [1.807, 2.05) is 19.1 Å². The van der Waals surface area contributed by atoms with E-state index < -0.39 is 7.15 Å². The fraction of sp³-hybridized carbons (Fsp3) is 0.400. The highest BCUT2D eigenvalue weighted by Crippen LogP contribution is 2.25. The Morgan fingerprint density at radius 3 is 2.43 bits per heavy atom. The molecule has 0 N–H and O–H groups in total. The van der Waals surface area contributed by atoms with Gasteiger partial charge in [0.2, 0.25) is 11.8 Å². The van der Waals surface area contributed by atoms with Crippen LogP contribution < -0.4 is 0 Å². The lowest BCUT2D eigenvalue weighted by Crippen LogP contribution is -1.87. The summed E-state index contributed by atoms with van der Waals surface area (Å²) in [5.41, 5.74) is 2.38. The van der Waals surface area contributed by atoms with Crippen LogP contribution in [-0.4, -0.2) is 6.61 Å². The van der Waals surface area contributed by atoms with Crippen molar-refractivity contribution in [3.63, 3.8) is 0 Å². The van der Waals surface area contributed by atoms with Crippen LogP contribution in [0.1, 0.15) is 18.1 Å². The van der Waals surface area contributed by atoms with Gasteiger partial charge in [0.1, 0.15) is 13.2 Å². The van der Waals surface area contributed by atoms with Gasteiger partial charge >= 0.3 is 7.15 Å². The van der Waals surface area contributed by atoms with E-state index in [4.69, 9.17) is 20.9 Å². The third-order valence-corrected chi connectivity index (χ3v) is 3.13. The maximum Gasteiger partial charge on any atom is 0.522 e. The fourth-order valence-electron chi connectivity index (χ4n) is 0.954. The lowest BCUT2D eigenvalue weighted by molar-refractivity contribution is 0.267. The van der Waals surface area contributed by atoms with Crippen molar-refractivity contribution in [2.75, 3.05) is 6.61 Å². The third-order valence-electron chi connectivity index (χ3n) is 1.69. The molecule has 0 aliphatic rings. The quantitative estimate of drug-likeness (QED) is 0.721. The normalized spacial score (nSPS) is 11.4. The van der Waals surface area contributed by atoms with Gasteiger partial charge in [0.25, 0.3) is 0 Å². The fourth-order valence-corrected chi connectivity index (χ4v) is 1.97. The Labute approximate surface area is 90.8 Å². The molecule has 2 nitrogen and oxygen atoms in total. The van der Waals surface area contributed by atoms with E-state index in [0.717, 1.165) is 5.56 Å². The highest BCUT2D eigenvalue weighted by Gasteiger charge is 2.12. The molecular formula is C10H14O2PS+. The SMILES string of the molecule is CCO[P+](=S)OCc1ccc(C)cc1. The minimum Gasteiger partial charge on any atom is -0.142 e. The molecule has 1 atom stereocenters. The smallest absolute Gasteiger partial charge is 0.142 e. The maximum atomic E-state index is 5.37. The molecule has 1 rings (SSSR count). The second-order valence-corrected chi connectivity index (χ2v) is 4.76. The molecule has 0 radical (unpaired) electrons. The predicted molar refractivity (Wildman–Crippen MR) is 61.9 cm³/mol. The van der Waals surface area contributed by atoms with E-state index in [1.165, 1.54) is 5.56 Å². The molecule has 0 aliphatic heterocycles. The van der Waals surface area contributed by atoms with Crippen LogP contribution in [0.3, 0.4) is 0 Å². The number of rotatable bonds is 5. The van der Waals surface area contributed by atoms with Crippen LogP contribution in [0.15, 0.2) is 24.3 Å². The van der Waals surface area contributed by atoms with Crippen LogP contribution in [0.4, 0.5) is 0 Å². The maximum absolute atomic E-state index is 5.37. The topological polar surface area (TPSA) is 18.5 Å². The zero-order valence-corrected chi connectivity index (χ0v) is 10.1. The van der Waals surface area contributed by atoms with Crippen molar-refractivity contribution in [2.24, 2.45) is 0 Å². The largest absolute Gasteiger partial charge is 0.522 e. The first-order valence-corrected chi connectivity index (χ1v) is 6.70. The number of hydrogen-bond donors (Lipinski definition) is 0. The average molecular weight is 229 g/mol. The lowest BCUT2D eigenvalue weighted by Gasteiger charge is -1.96. The lowest BCUT2D eigenvalue weighted by atomic mass is 10.2. The van der Waals surface area contributed by atoms with Crippen LogP contribution in [0.25, 0.3) is 0 Å². The standard InChI is InChI=1S/C10H14O2PS/c1-3-11-13(14)12-8-10-6-4-9(2)5-7-10/h4-7H,3,8H2,1-2H3/q+1. The molecule has 0 heterocycles. The van der Waals surface area contributed by atoms with E-state index in [2.05, 4.69) is 19.1 Å². The van der Waals surface area contributed by atoms with Crippen molar-refractivity contribution >= 4 is 19.0 Å². The number of aryl methyl sites for hydroxylation is 1. The van der Waals surface area contributed by atoms with Gasteiger partial charge in [-0.05, 0) is 19.4 Å². The Balaban J connectivity index is 2.38. The van der Waals surface area contributed by atoms with Gasteiger partial charge in [-0.2, -0.15) is 0 Å². The molecule has 76 valence electrons. The Bertz CT molecular complexity index is 297. The first-order chi connectivity index (χ1) is 6.72. The van der Waals surface area contributed by atoms with Crippen molar-refractivity contribution in [2.45, 2.75) is 20.5 Å². The molecule has 0 aromatic heterocycles. The predicted octanol–water partition coefficient (Wildman–Crippen LogP) is 3.32. The van der Waals surface area contributed by atoms with Crippen molar-refractivity contribution < 1.29 is 9.05 Å². The third kappa shape index (κ3) is 4.25. The minimum absolute atomic E-state index is 0.537. The van der Waals surface area contributed by atoms with Gasteiger partial charge in [0, 0.05) is 0 Å². The summed E-state index contributed by atoms with van der Waals surface area (Å²) >= 11 is 4.98. The molecular weight excluding hydrogens is 215 g/mol. The molecule has 0 amide bonds. The Kier molecular flexibility index (Phi) is 5.20. The second kappa shape index (κ2) is 6.20. The van der Waals surface area contributed by atoms with E-state index in [-0.39, 0.29) is 0 Å². The molecule has 1 aromatic rings. The monoisotopic (exact) mass is 229 g/mol. The van der Waals surface area contributed by atoms with Crippen LogP contribution in [-0.2, 0) is 27.5 Å². The Morgan fingerprint density at radius 2 is 1.86 bits per heavy atom. The zero-order valence-electron chi connectivity index (χ0n) is 8.40. The van der Waals surface area contributed by atoms with Crippen LogP contribution in [0.5, 0.6) is 0 Å². The molecule has 0 spiro atoms. The highest BCUT2D eigenvalue weighted by molar-refractivity contribution is 8.00. The summed E-state index contributed by atoms with van der Waals surface area (Å²) in [7, 11) is -1.13. The molecule has 0 bridgehead atoms. The van der Waals surface area contributed by atoms with Gasteiger partial charge in [-0.25, -0.2) is 0 Å². The van der Waals surface area contributed by atoms with E-state index >= 15 is 0 Å². The van der Waals surface area contributed by atoms with Gasteiger partial charge in [0.15, 0.2) is 0 Å². The summed E-state index contributed by atoms with van der Waals surface area (Å²) in [6.45, 7) is 5.13. The van der Waals surface area contributed by atoms with E-state index in [1.54, 1.807) is 0 Å². The van der Waals surface area contributed by atoms with Gasteiger partial charge < -0.3 is 0 Å². The van der Waals surface area contributed by atoms with Crippen molar-refractivity contribution in [1.29, 1.82) is 0 Å². The number of benzene rings is 1. The minimum atomic E-state index is -1.13. The summed E-state index contributed by atoms with van der Waals surface area (Å²) in [4.78, 5) is 0. The van der Waals surface area contributed by atoms with Gasteiger partial charge in [-0.1, -0.05) is 29.8 Å². The molecule has 4 heteroatoms. The summed E-state index contributed by atoms with van der Waals surface area (Å²) in [6.07, 6.45) is 0. The first kappa shape index (κ1) is 11.7. The number of hydrogen-bond acceptors (Lipinski definition) is 3. The van der Waals surface area contributed by atoms with E-state index in [9.17, 15) is 0 Å². The molecule has 0 fully saturated rings. The van der Waals surface area contributed by atoms with Crippen LogP contribution in [0.2, 0.25) is 0 Å². The van der Waals surface area contributed by atoms with E-state index in [0.29, 0.717) is 13.2 Å².